The van der Waals surface area contributed by atoms with Gasteiger partial charge in [-0.25, -0.2) is 9.97 Å². The molecule has 1 amide bonds. The summed E-state index contributed by atoms with van der Waals surface area (Å²) in [6.45, 7) is 8.23. The van der Waals surface area contributed by atoms with Gasteiger partial charge in [0.2, 0.25) is 5.91 Å². The summed E-state index contributed by atoms with van der Waals surface area (Å²) >= 11 is 1.35. The van der Waals surface area contributed by atoms with Gasteiger partial charge in [-0.1, -0.05) is 37.7 Å². The van der Waals surface area contributed by atoms with Crippen LogP contribution in [0.1, 0.15) is 43.1 Å². The number of carbonyl (C=O) groups excluding carboxylic acids is 1. The van der Waals surface area contributed by atoms with Crippen molar-refractivity contribution in [1.82, 2.24) is 9.97 Å². The van der Waals surface area contributed by atoms with Crippen LogP contribution in [0.4, 0.5) is 5.69 Å². The molecule has 0 aliphatic carbocycles. The van der Waals surface area contributed by atoms with E-state index in [-0.39, 0.29) is 5.91 Å². The number of thioether (sulfide) groups is 1. The Labute approximate surface area is 142 Å². The maximum atomic E-state index is 12.0. The number of nitrogens with zero attached hydrogens (tertiary/aromatic N) is 2. The van der Waals surface area contributed by atoms with Gasteiger partial charge in [0, 0.05) is 17.1 Å². The quantitative estimate of drug-likeness (QED) is 0.633. The van der Waals surface area contributed by atoms with E-state index in [1.807, 2.05) is 32.0 Å². The highest BCUT2D eigenvalue weighted by molar-refractivity contribution is 7.99. The Morgan fingerprint density at radius 3 is 2.35 bits per heavy atom. The molecular formula is C18H23N3OS. The molecule has 1 N–H and O–H groups in total. The van der Waals surface area contributed by atoms with Gasteiger partial charge in [0.05, 0.1) is 5.75 Å². The van der Waals surface area contributed by atoms with Crippen LogP contribution in [0.15, 0.2) is 35.5 Å². The normalized spacial score (nSPS) is 12.0. The summed E-state index contributed by atoms with van der Waals surface area (Å²) in [6.07, 6.45) is 1.11. The van der Waals surface area contributed by atoms with Crippen molar-refractivity contribution in [2.24, 2.45) is 0 Å². The van der Waals surface area contributed by atoms with Crippen molar-refractivity contribution >= 4 is 23.4 Å². The smallest absolute Gasteiger partial charge is 0.234 e. The van der Waals surface area contributed by atoms with Crippen molar-refractivity contribution < 1.29 is 4.79 Å². The zero-order valence-electron chi connectivity index (χ0n) is 14.1. The molecule has 23 heavy (non-hydrogen) atoms. The van der Waals surface area contributed by atoms with E-state index in [1.54, 1.807) is 0 Å². The lowest BCUT2D eigenvalue weighted by Gasteiger charge is -2.10. The Balaban J connectivity index is 1.89. The molecule has 0 fully saturated rings. The molecule has 0 aliphatic heterocycles. The van der Waals surface area contributed by atoms with Crippen LogP contribution in [0.25, 0.3) is 0 Å². The molecule has 1 aromatic carbocycles. The molecule has 0 unspecified atom stereocenters. The first-order valence-corrected chi connectivity index (χ1v) is 8.81. The Kier molecular flexibility index (Phi) is 6.16. The molecule has 0 spiro atoms. The van der Waals surface area contributed by atoms with E-state index in [1.165, 1.54) is 17.3 Å². The lowest BCUT2D eigenvalue weighted by Crippen LogP contribution is -2.14. The third-order valence-electron chi connectivity index (χ3n) is 3.67. The Bertz CT molecular complexity index is 650. The van der Waals surface area contributed by atoms with Crippen LogP contribution < -0.4 is 5.32 Å². The van der Waals surface area contributed by atoms with E-state index in [2.05, 4.69) is 41.3 Å². The first-order chi connectivity index (χ1) is 11.0. The summed E-state index contributed by atoms with van der Waals surface area (Å²) in [6, 6.07) is 9.98. The van der Waals surface area contributed by atoms with E-state index in [4.69, 9.17) is 0 Å². The van der Waals surface area contributed by atoms with Crippen LogP contribution in [0.2, 0.25) is 0 Å². The highest BCUT2D eigenvalue weighted by Crippen LogP contribution is 2.21. The van der Waals surface area contributed by atoms with Crippen LogP contribution in [0.3, 0.4) is 0 Å². The number of nitrogens with one attached hydrogen (secondary N) is 1. The highest BCUT2D eigenvalue weighted by atomic mass is 32.2. The van der Waals surface area contributed by atoms with Gasteiger partial charge in [-0.05, 0) is 49.9 Å². The first-order valence-electron chi connectivity index (χ1n) is 7.83. The van der Waals surface area contributed by atoms with Gasteiger partial charge in [-0.3, -0.25) is 4.79 Å². The topological polar surface area (TPSA) is 54.9 Å². The SMILES string of the molecule is CC[C@@H](C)c1ccc(NC(=O)CSc2nc(C)cc(C)n2)cc1. The predicted molar refractivity (Wildman–Crippen MR) is 96.0 cm³/mol. The number of aromatic nitrogens is 2. The van der Waals surface area contributed by atoms with Gasteiger partial charge in [0.1, 0.15) is 0 Å². The standard InChI is InChI=1S/C18H23N3OS/c1-5-12(2)15-6-8-16(9-7-15)21-17(22)11-23-18-19-13(3)10-14(4)20-18/h6-10,12H,5,11H2,1-4H3,(H,21,22)/t12-/m1/s1. The Morgan fingerprint density at radius 1 is 1.17 bits per heavy atom. The molecule has 1 atom stereocenters. The molecule has 0 bridgehead atoms. The van der Waals surface area contributed by atoms with E-state index < -0.39 is 0 Å². The van der Waals surface area contributed by atoms with Crippen LogP contribution >= 0.6 is 11.8 Å². The second kappa shape index (κ2) is 8.11. The van der Waals surface area contributed by atoms with Crippen LogP contribution in [0, 0.1) is 13.8 Å². The molecule has 0 aliphatic rings. The lowest BCUT2D eigenvalue weighted by atomic mass is 9.99. The minimum Gasteiger partial charge on any atom is -0.325 e. The monoisotopic (exact) mass is 329 g/mol. The lowest BCUT2D eigenvalue weighted by molar-refractivity contribution is -0.113. The number of carbonyl (C=O) groups is 1. The van der Waals surface area contributed by atoms with Gasteiger partial charge < -0.3 is 5.32 Å². The fourth-order valence-electron chi connectivity index (χ4n) is 2.22. The number of aryl methyl sites for hydroxylation is 2. The molecule has 122 valence electrons. The molecular weight excluding hydrogens is 306 g/mol. The minimum absolute atomic E-state index is 0.0472. The average molecular weight is 329 g/mol. The van der Waals surface area contributed by atoms with Gasteiger partial charge in [0.15, 0.2) is 5.16 Å². The second-order valence-electron chi connectivity index (χ2n) is 5.70. The average Bonchev–Trinajstić information content (AvgIpc) is 2.52. The summed E-state index contributed by atoms with van der Waals surface area (Å²) in [5, 5.41) is 3.55. The van der Waals surface area contributed by atoms with Crippen molar-refractivity contribution in [3.8, 4) is 0 Å². The summed E-state index contributed by atoms with van der Waals surface area (Å²) < 4.78 is 0. The highest BCUT2D eigenvalue weighted by Gasteiger charge is 2.07. The summed E-state index contributed by atoms with van der Waals surface area (Å²) in [5.41, 5.74) is 3.95. The number of hydrogen-bond acceptors (Lipinski definition) is 4. The van der Waals surface area contributed by atoms with E-state index in [0.29, 0.717) is 16.8 Å². The number of hydrogen-bond donors (Lipinski definition) is 1. The predicted octanol–water partition coefficient (Wildman–Crippen LogP) is 4.34. The molecule has 5 heteroatoms. The molecule has 2 rings (SSSR count). The zero-order chi connectivity index (χ0) is 16.8. The molecule has 1 aromatic heterocycles. The van der Waals surface area contributed by atoms with Gasteiger partial charge in [0.25, 0.3) is 0 Å². The maximum Gasteiger partial charge on any atom is 0.234 e. The second-order valence-corrected chi connectivity index (χ2v) is 6.64. The van der Waals surface area contributed by atoms with Crippen LogP contribution in [0.5, 0.6) is 0 Å². The first kappa shape index (κ1) is 17.5. The van der Waals surface area contributed by atoms with E-state index in [9.17, 15) is 4.79 Å². The third-order valence-corrected chi connectivity index (χ3v) is 4.52. The molecule has 0 saturated carbocycles. The molecule has 0 saturated heterocycles. The maximum absolute atomic E-state index is 12.0. The zero-order valence-corrected chi connectivity index (χ0v) is 14.9. The van der Waals surface area contributed by atoms with Crippen LogP contribution in [-0.4, -0.2) is 21.6 Å². The van der Waals surface area contributed by atoms with E-state index >= 15 is 0 Å². The third kappa shape index (κ3) is 5.36. The number of rotatable bonds is 6. The molecule has 1 heterocycles. The van der Waals surface area contributed by atoms with Crippen molar-refractivity contribution in [3.05, 3.63) is 47.3 Å². The van der Waals surface area contributed by atoms with Crippen molar-refractivity contribution in [3.63, 3.8) is 0 Å². The molecule has 4 nitrogen and oxygen atoms in total. The number of benzene rings is 1. The van der Waals surface area contributed by atoms with Gasteiger partial charge in [-0.2, -0.15) is 0 Å². The number of anilines is 1. The number of amides is 1. The Hall–Kier alpha value is -1.88. The Morgan fingerprint density at radius 2 is 1.78 bits per heavy atom. The summed E-state index contributed by atoms with van der Waals surface area (Å²) in [5.74, 6) is 0.793. The van der Waals surface area contributed by atoms with Crippen LogP contribution in [-0.2, 0) is 4.79 Å². The van der Waals surface area contributed by atoms with Gasteiger partial charge >= 0.3 is 0 Å². The molecule has 0 radical (unpaired) electrons. The molecule has 2 aromatic rings. The van der Waals surface area contributed by atoms with E-state index in [0.717, 1.165) is 23.5 Å². The minimum atomic E-state index is -0.0472. The van der Waals surface area contributed by atoms with Gasteiger partial charge in [-0.15, -0.1) is 0 Å². The fraction of sp³-hybridized carbons (Fsp3) is 0.389. The fourth-order valence-corrected chi connectivity index (χ4v) is 2.97. The summed E-state index contributed by atoms with van der Waals surface area (Å²) in [4.78, 5) is 20.7. The van der Waals surface area contributed by atoms with Crippen molar-refractivity contribution in [2.45, 2.75) is 45.2 Å². The largest absolute Gasteiger partial charge is 0.325 e. The summed E-state index contributed by atoms with van der Waals surface area (Å²) in [7, 11) is 0. The van der Waals surface area contributed by atoms with Crippen molar-refractivity contribution in [2.75, 3.05) is 11.1 Å². The van der Waals surface area contributed by atoms with Crippen molar-refractivity contribution in [1.29, 1.82) is 0 Å².